The largest absolute Gasteiger partial charge is 0.447 e. The van der Waals surface area contributed by atoms with Gasteiger partial charge in [0.05, 0.1) is 36.9 Å². The molecule has 12 heteroatoms. The summed E-state index contributed by atoms with van der Waals surface area (Å²) in [5.74, 6) is 1.51. The Kier molecular flexibility index (Phi) is 7.89. The highest BCUT2D eigenvalue weighted by Crippen LogP contribution is 2.32. The van der Waals surface area contributed by atoms with Crippen molar-refractivity contribution in [1.82, 2.24) is 30.0 Å². The van der Waals surface area contributed by atoms with E-state index in [4.69, 9.17) is 36.8 Å². The van der Waals surface area contributed by atoms with Gasteiger partial charge in [0.25, 0.3) is 0 Å². The zero-order valence-electron chi connectivity index (χ0n) is 22.0. The van der Waals surface area contributed by atoms with Gasteiger partial charge in [-0.2, -0.15) is 5.10 Å². The maximum Gasteiger partial charge on any atom is 0.410 e. The number of anilines is 2. The number of likely N-dealkylation sites (tertiary alicyclic amines) is 1. The van der Waals surface area contributed by atoms with Crippen molar-refractivity contribution in [3.63, 3.8) is 0 Å². The van der Waals surface area contributed by atoms with Gasteiger partial charge in [-0.15, -0.1) is 0 Å². The maximum absolute atomic E-state index is 12.4. The van der Waals surface area contributed by atoms with Crippen molar-refractivity contribution in [1.29, 1.82) is 0 Å². The second-order valence-corrected chi connectivity index (χ2v) is 10.1. The van der Waals surface area contributed by atoms with Crippen LogP contribution in [0.1, 0.15) is 32.7 Å². The van der Waals surface area contributed by atoms with Crippen LogP contribution in [-0.2, 0) is 9.47 Å². The van der Waals surface area contributed by atoms with Gasteiger partial charge in [0.15, 0.2) is 16.6 Å². The molecule has 2 aromatic heterocycles. The van der Waals surface area contributed by atoms with Crippen LogP contribution in [0.2, 0.25) is 0 Å². The molecule has 202 valence electrons. The number of benzene rings is 1. The number of rotatable bonds is 5. The number of morpholine rings is 1. The third-order valence-electron chi connectivity index (χ3n) is 6.78. The molecule has 3 aromatic rings. The molecule has 2 fully saturated rings. The van der Waals surface area contributed by atoms with Gasteiger partial charge in [0.1, 0.15) is 5.82 Å². The van der Waals surface area contributed by atoms with Crippen molar-refractivity contribution in [2.75, 3.05) is 56.7 Å². The van der Waals surface area contributed by atoms with E-state index in [1.54, 1.807) is 11.9 Å². The number of piperidine rings is 1. The Balaban J connectivity index is 1.46. The lowest BCUT2D eigenvalue weighted by molar-refractivity contribution is 0.0656. The van der Waals surface area contributed by atoms with E-state index in [1.165, 1.54) is 0 Å². The lowest BCUT2D eigenvalue weighted by atomic mass is 10.1. The zero-order chi connectivity index (χ0) is 26.6. The lowest BCUT2D eigenvalue weighted by Gasteiger charge is -2.32. The van der Waals surface area contributed by atoms with Gasteiger partial charge in [0, 0.05) is 44.5 Å². The molecule has 0 radical (unpaired) electrons. The summed E-state index contributed by atoms with van der Waals surface area (Å²) >= 11 is 5.21. The summed E-state index contributed by atoms with van der Waals surface area (Å²) in [6.07, 6.45) is 3.05. The Bertz CT molecular complexity index is 1280. The fourth-order valence-electron chi connectivity index (χ4n) is 4.79. The highest BCUT2D eigenvalue weighted by atomic mass is 32.1. The summed E-state index contributed by atoms with van der Waals surface area (Å²) < 4.78 is 13.0. The summed E-state index contributed by atoms with van der Waals surface area (Å²) in [5, 5.41) is 12.3. The zero-order valence-corrected chi connectivity index (χ0v) is 22.8. The third kappa shape index (κ3) is 5.65. The molecule has 38 heavy (non-hydrogen) atoms. The average molecular weight is 539 g/mol. The number of thiocarbonyl (C=S) groups is 1. The van der Waals surface area contributed by atoms with Crippen LogP contribution in [0.25, 0.3) is 22.4 Å². The third-order valence-corrected chi connectivity index (χ3v) is 7.08. The van der Waals surface area contributed by atoms with Gasteiger partial charge in [-0.3, -0.25) is 0 Å². The Morgan fingerprint density at radius 3 is 2.47 bits per heavy atom. The first-order chi connectivity index (χ1) is 18.4. The van der Waals surface area contributed by atoms with Gasteiger partial charge in [0.2, 0.25) is 0 Å². The minimum absolute atomic E-state index is 0.130. The number of carbonyl (C=O) groups is 1. The molecule has 0 spiro atoms. The van der Waals surface area contributed by atoms with Crippen molar-refractivity contribution < 1.29 is 14.3 Å². The lowest BCUT2D eigenvalue weighted by Crippen LogP contribution is -2.40. The molecule has 5 rings (SSSR count). The van der Waals surface area contributed by atoms with E-state index in [1.807, 2.05) is 49.0 Å². The number of ether oxygens (including phenoxy) is 2. The normalized spacial score (nSPS) is 16.6. The number of hydrogen-bond acceptors (Lipinski definition) is 8. The Labute approximate surface area is 227 Å². The number of aromatic nitrogens is 4. The van der Waals surface area contributed by atoms with Crippen LogP contribution in [0.4, 0.5) is 16.3 Å². The molecule has 0 saturated carbocycles. The van der Waals surface area contributed by atoms with E-state index in [2.05, 4.69) is 15.5 Å². The molecule has 0 atom stereocenters. The highest BCUT2D eigenvalue weighted by Gasteiger charge is 2.28. The average Bonchev–Trinajstić information content (AvgIpc) is 3.37. The molecule has 1 aromatic carbocycles. The van der Waals surface area contributed by atoms with Crippen LogP contribution >= 0.6 is 12.2 Å². The Hall–Kier alpha value is -3.51. The second kappa shape index (κ2) is 11.5. The van der Waals surface area contributed by atoms with Gasteiger partial charge in [-0.05, 0) is 63.2 Å². The van der Waals surface area contributed by atoms with Crippen molar-refractivity contribution in [2.24, 2.45) is 0 Å². The van der Waals surface area contributed by atoms with E-state index in [0.717, 1.165) is 54.0 Å². The molecule has 2 aliphatic rings. The minimum Gasteiger partial charge on any atom is -0.447 e. The van der Waals surface area contributed by atoms with Crippen LogP contribution < -0.4 is 15.5 Å². The van der Waals surface area contributed by atoms with Crippen LogP contribution in [0.15, 0.2) is 30.5 Å². The molecule has 0 unspecified atom stereocenters. The van der Waals surface area contributed by atoms with Crippen molar-refractivity contribution in [3.05, 3.63) is 30.5 Å². The molecule has 1 amide bonds. The first-order valence-corrected chi connectivity index (χ1v) is 13.5. The maximum atomic E-state index is 12.4. The Morgan fingerprint density at radius 1 is 1.11 bits per heavy atom. The molecule has 11 nitrogen and oxygen atoms in total. The van der Waals surface area contributed by atoms with Gasteiger partial charge >= 0.3 is 6.09 Å². The predicted octanol–water partition coefficient (Wildman–Crippen LogP) is 3.43. The molecular formula is C26H34N8O3S. The Morgan fingerprint density at radius 2 is 1.82 bits per heavy atom. The van der Waals surface area contributed by atoms with Crippen molar-refractivity contribution >= 4 is 46.0 Å². The van der Waals surface area contributed by atoms with E-state index in [0.29, 0.717) is 37.2 Å². The van der Waals surface area contributed by atoms with Crippen LogP contribution in [-0.4, -0.2) is 88.4 Å². The van der Waals surface area contributed by atoms with Gasteiger partial charge in [-0.25, -0.2) is 19.4 Å². The number of nitrogens with zero attached hydrogens (tertiary/aromatic N) is 6. The monoisotopic (exact) mass is 538 g/mol. The summed E-state index contributed by atoms with van der Waals surface area (Å²) in [7, 11) is 1.78. The molecule has 4 heterocycles. The predicted molar refractivity (Wildman–Crippen MR) is 151 cm³/mol. The van der Waals surface area contributed by atoms with Crippen molar-refractivity contribution in [2.45, 2.75) is 38.8 Å². The second-order valence-electron chi connectivity index (χ2n) is 9.73. The summed E-state index contributed by atoms with van der Waals surface area (Å²) in [6.45, 7) is 7.81. The topological polar surface area (TPSA) is 110 Å². The fourth-order valence-corrected chi connectivity index (χ4v) is 4.91. The van der Waals surface area contributed by atoms with Crippen LogP contribution in [0.3, 0.4) is 0 Å². The fraction of sp³-hybridized carbons (Fsp3) is 0.500. The summed E-state index contributed by atoms with van der Waals surface area (Å²) in [6, 6.07) is 8.04. The SMILES string of the molecule is CNC(=S)Nc1ccc(-c2nc(N3CCOCC3)c3cnn(C4CCN(C(=O)OC(C)C)CC4)c3n2)cc1. The molecular weight excluding hydrogens is 504 g/mol. The first kappa shape index (κ1) is 26.1. The highest BCUT2D eigenvalue weighted by molar-refractivity contribution is 7.80. The van der Waals surface area contributed by atoms with Crippen LogP contribution in [0, 0.1) is 0 Å². The summed E-state index contributed by atoms with van der Waals surface area (Å²) in [4.78, 5) is 26.4. The van der Waals surface area contributed by atoms with E-state index in [-0.39, 0.29) is 18.2 Å². The number of nitrogens with one attached hydrogen (secondary N) is 2. The molecule has 0 aliphatic carbocycles. The molecule has 2 saturated heterocycles. The quantitative estimate of drug-likeness (QED) is 0.469. The van der Waals surface area contributed by atoms with E-state index in [9.17, 15) is 4.79 Å². The van der Waals surface area contributed by atoms with Gasteiger partial charge < -0.3 is 29.9 Å². The van der Waals surface area contributed by atoms with Crippen molar-refractivity contribution in [3.8, 4) is 11.4 Å². The standard InChI is InChI=1S/C26H34N8O3S/c1-17(2)37-26(35)33-10-8-20(9-11-33)34-24-21(16-28-34)23(32-12-14-36-15-13-32)30-22(31-24)18-4-6-19(7-5-18)29-25(38)27-3/h4-7,16-17,20H,8-15H2,1-3H3,(H2,27,29,38). The molecule has 2 aliphatic heterocycles. The summed E-state index contributed by atoms with van der Waals surface area (Å²) in [5.41, 5.74) is 2.59. The number of hydrogen-bond donors (Lipinski definition) is 2. The van der Waals surface area contributed by atoms with E-state index >= 15 is 0 Å². The van der Waals surface area contributed by atoms with E-state index < -0.39 is 0 Å². The van der Waals surface area contributed by atoms with Crippen LogP contribution in [0.5, 0.6) is 0 Å². The number of fused-ring (bicyclic) bond motifs is 1. The minimum atomic E-state index is -0.253. The first-order valence-electron chi connectivity index (χ1n) is 13.1. The number of amides is 1. The molecule has 2 N–H and O–H groups in total. The molecule has 0 bridgehead atoms. The smallest absolute Gasteiger partial charge is 0.410 e. The van der Waals surface area contributed by atoms with Gasteiger partial charge in [-0.1, -0.05) is 0 Å². The number of carbonyl (C=O) groups excluding carboxylic acids is 1.